The van der Waals surface area contributed by atoms with Crippen molar-refractivity contribution in [3.05, 3.63) is 34.5 Å². The number of benzene rings is 1. The Hall–Kier alpha value is -1.48. The van der Waals surface area contributed by atoms with E-state index in [9.17, 15) is 4.79 Å². The number of carbonyl (C=O) groups is 1. The van der Waals surface area contributed by atoms with E-state index in [1.54, 1.807) is 0 Å². The summed E-state index contributed by atoms with van der Waals surface area (Å²) in [6, 6.07) is 6.10. The van der Waals surface area contributed by atoms with Gasteiger partial charge in [-0.05, 0) is 29.7 Å². The van der Waals surface area contributed by atoms with Gasteiger partial charge in [0.05, 0.1) is 6.54 Å². The van der Waals surface area contributed by atoms with E-state index < -0.39 is 0 Å². The van der Waals surface area contributed by atoms with E-state index in [1.807, 2.05) is 19.1 Å². The van der Waals surface area contributed by atoms with E-state index in [2.05, 4.69) is 30.2 Å². The molecule has 0 fully saturated rings. The van der Waals surface area contributed by atoms with Gasteiger partial charge in [-0.1, -0.05) is 32.4 Å². The molecule has 1 aromatic carbocycles. The molecule has 0 bridgehead atoms. The molecule has 3 nitrogen and oxygen atoms in total. The molecule has 2 aromatic rings. The Morgan fingerprint density at radius 1 is 1.37 bits per heavy atom. The molecule has 0 atom stereocenters. The minimum Gasteiger partial charge on any atom is -0.357 e. The number of hydrogen-bond donors (Lipinski definition) is 2. The van der Waals surface area contributed by atoms with Crippen LogP contribution in [0.25, 0.3) is 10.9 Å². The standard InChI is InChI=1S/C15H19ClN2O/c1-4-15(19)17-8-11-5-10-6-13(16)12(9(2)3)7-14(10)18-11/h5-7,9,18H,4,8H2,1-3H3,(H,17,19). The molecule has 0 aliphatic heterocycles. The van der Waals surface area contributed by atoms with Gasteiger partial charge in [-0.2, -0.15) is 0 Å². The van der Waals surface area contributed by atoms with E-state index in [1.165, 1.54) is 0 Å². The first-order valence-electron chi connectivity index (χ1n) is 6.59. The van der Waals surface area contributed by atoms with Crippen molar-refractivity contribution in [2.24, 2.45) is 0 Å². The first-order chi connectivity index (χ1) is 9.01. The summed E-state index contributed by atoms with van der Waals surface area (Å²) in [5, 5.41) is 4.73. The van der Waals surface area contributed by atoms with Gasteiger partial charge in [0.2, 0.25) is 5.91 Å². The number of fused-ring (bicyclic) bond motifs is 1. The number of aromatic amines is 1. The highest BCUT2D eigenvalue weighted by Gasteiger charge is 2.09. The molecule has 2 rings (SSSR count). The molecule has 0 saturated heterocycles. The summed E-state index contributed by atoms with van der Waals surface area (Å²) in [7, 11) is 0. The van der Waals surface area contributed by atoms with Crippen LogP contribution in [0.15, 0.2) is 18.2 Å². The lowest BCUT2D eigenvalue weighted by Crippen LogP contribution is -2.21. The molecule has 0 aliphatic rings. The van der Waals surface area contributed by atoms with Crippen LogP contribution in [0.2, 0.25) is 5.02 Å². The van der Waals surface area contributed by atoms with Crippen molar-refractivity contribution in [1.82, 2.24) is 10.3 Å². The predicted octanol–water partition coefficient (Wildman–Crippen LogP) is 3.97. The van der Waals surface area contributed by atoms with Crippen LogP contribution in [0.3, 0.4) is 0 Å². The summed E-state index contributed by atoms with van der Waals surface area (Å²) in [6.07, 6.45) is 0.504. The third-order valence-corrected chi connectivity index (χ3v) is 3.54. The number of nitrogens with one attached hydrogen (secondary N) is 2. The van der Waals surface area contributed by atoms with Crippen LogP contribution in [-0.4, -0.2) is 10.9 Å². The highest BCUT2D eigenvalue weighted by Crippen LogP contribution is 2.29. The van der Waals surface area contributed by atoms with Crippen LogP contribution in [0, 0.1) is 0 Å². The zero-order valence-corrected chi connectivity index (χ0v) is 12.3. The van der Waals surface area contributed by atoms with Gasteiger partial charge in [-0.25, -0.2) is 0 Å². The lowest BCUT2D eigenvalue weighted by Gasteiger charge is -2.07. The second-order valence-electron chi connectivity index (χ2n) is 5.04. The van der Waals surface area contributed by atoms with Crippen molar-refractivity contribution in [2.45, 2.75) is 39.7 Å². The number of amides is 1. The topological polar surface area (TPSA) is 44.9 Å². The summed E-state index contributed by atoms with van der Waals surface area (Å²) >= 11 is 6.27. The van der Waals surface area contributed by atoms with Crippen molar-refractivity contribution in [1.29, 1.82) is 0 Å². The Morgan fingerprint density at radius 3 is 2.74 bits per heavy atom. The number of hydrogen-bond acceptors (Lipinski definition) is 1. The second-order valence-corrected chi connectivity index (χ2v) is 5.45. The van der Waals surface area contributed by atoms with Crippen molar-refractivity contribution in [2.75, 3.05) is 0 Å². The fraction of sp³-hybridized carbons (Fsp3) is 0.400. The van der Waals surface area contributed by atoms with Gasteiger partial charge in [0.1, 0.15) is 0 Å². The zero-order chi connectivity index (χ0) is 14.0. The fourth-order valence-corrected chi connectivity index (χ4v) is 2.48. The number of halogens is 1. The van der Waals surface area contributed by atoms with Gasteiger partial charge in [-0.15, -0.1) is 0 Å². The minimum absolute atomic E-state index is 0.0551. The van der Waals surface area contributed by atoms with E-state index in [0.29, 0.717) is 18.9 Å². The Labute approximate surface area is 118 Å². The SMILES string of the molecule is CCC(=O)NCc1cc2cc(Cl)c(C(C)C)cc2[nH]1. The van der Waals surface area contributed by atoms with Gasteiger partial charge < -0.3 is 10.3 Å². The molecule has 102 valence electrons. The molecular formula is C15H19ClN2O. The second kappa shape index (κ2) is 5.66. The van der Waals surface area contributed by atoms with Gasteiger partial charge in [0, 0.05) is 28.0 Å². The molecule has 0 spiro atoms. The molecule has 1 heterocycles. The highest BCUT2D eigenvalue weighted by molar-refractivity contribution is 6.32. The van der Waals surface area contributed by atoms with Gasteiger partial charge in [0.25, 0.3) is 0 Å². The molecule has 1 aromatic heterocycles. The lowest BCUT2D eigenvalue weighted by atomic mass is 10.0. The minimum atomic E-state index is 0.0551. The zero-order valence-electron chi connectivity index (χ0n) is 11.5. The molecule has 0 unspecified atom stereocenters. The van der Waals surface area contributed by atoms with Crippen LogP contribution in [-0.2, 0) is 11.3 Å². The maximum absolute atomic E-state index is 11.3. The monoisotopic (exact) mass is 278 g/mol. The van der Waals surface area contributed by atoms with Gasteiger partial charge in [-0.3, -0.25) is 4.79 Å². The predicted molar refractivity (Wildman–Crippen MR) is 79.5 cm³/mol. The number of rotatable bonds is 4. The Morgan fingerprint density at radius 2 is 2.11 bits per heavy atom. The third-order valence-electron chi connectivity index (χ3n) is 3.21. The third kappa shape index (κ3) is 3.10. The molecule has 0 radical (unpaired) electrons. The summed E-state index contributed by atoms with van der Waals surface area (Å²) in [6.45, 7) is 6.61. The van der Waals surface area contributed by atoms with Gasteiger partial charge in [0.15, 0.2) is 0 Å². The molecule has 2 N–H and O–H groups in total. The molecule has 0 aliphatic carbocycles. The molecule has 1 amide bonds. The Bertz CT molecular complexity index is 601. The van der Waals surface area contributed by atoms with Crippen molar-refractivity contribution < 1.29 is 4.79 Å². The van der Waals surface area contributed by atoms with Gasteiger partial charge >= 0.3 is 0 Å². The van der Waals surface area contributed by atoms with Crippen LogP contribution < -0.4 is 5.32 Å². The first kappa shape index (κ1) is 13.9. The van der Waals surface area contributed by atoms with E-state index >= 15 is 0 Å². The first-order valence-corrected chi connectivity index (χ1v) is 6.96. The highest BCUT2D eigenvalue weighted by atomic mass is 35.5. The fourth-order valence-electron chi connectivity index (χ4n) is 2.09. The smallest absolute Gasteiger partial charge is 0.220 e. The van der Waals surface area contributed by atoms with Crippen LogP contribution in [0.4, 0.5) is 0 Å². The van der Waals surface area contributed by atoms with Crippen molar-refractivity contribution in [3.63, 3.8) is 0 Å². The number of carbonyl (C=O) groups excluding carboxylic acids is 1. The Balaban J connectivity index is 2.27. The number of aromatic nitrogens is 1. The average Bonchev–Trinajstić information content (AvgIpc) is 2.76. The molecular weight excluding hydrogens is 260 g/mol. The normalized spacial score (nSPS) is 11.2. The summed E-state index contributed by atoms with van der Waals surface area (Å²) < 4.78 is 0. The molecule has 4 heteroatoms. The summed E-state index contributed by atoms with van der Waals surface area (Å²) in [5.74, 6) is 0.447. The van der Waals surface area contributed by atoms with E-state index in [0.717, 1.165) is 27.2 Å². The van der Waals surface area contributed by atoms with Crippen LogP contribution in [0.1, 0.15) is 44.4 Å². The van der Waals surface area contributed by atoms with E-state index in [-0.39, 0.29) is 5.91 Å². The van der Waals surface area contributed by atoms with Crippen molar-refractivity contribution >= 4 is 28.4 Å². The maximum atomic E-state index is 11.3. The lowest BCUT2D eigenvalue weighted by molar-refractivity contribution is -0.120. The van der Waals surface area contributed by atoms with Crippen LogP contribution in [0.5, 0.6) is 0 Å². The molecule has 0 saturated carbocycles. The average molecular weight is 279 g/mol. The largest absolute Gasteiger partial charge is 0.357 e. The Kier molecular flexibility index (Phi) is 4.15. The quantitative estimate of drug-likeness (QED) is 0.873. The number of H-pyrrole nitrogens is 1. The summed E-state index contributed by atoms with van der Waals surface area (Å²) in [4.78, 5) is 14.6. The van der Waals surface area contributed by atoms with Crippen LogP contribution >= 0.6 is 11.6 Å². The summed E-state index contributed by atoms with van der Waals surface area (Å²) in [5.41, 5.74) is 3.20. The maximum Gasteiger partial charge on any atom is 0.220 e. The molecule has 19 heavy (non-hydrogen) atoms. The van der Waals surface area contributed by atoms with Crippen molar-refractivity contribution in [3.8, 4) is 0 Å². The van der Waals surface area contributed by atoms with E-state index in [4.69, 9.17) is 11.6 Å².